The number of rotatable bonds is 3. The normalized spacial score (nSPS) is 10.0. The fourth-order valence-electron chi connectivity index (χ4n) is 0.691. The van der Waals surface area contributed by atoms with Gasteiger partial charge in [-0.3, -0.25) is 4.90 Å². The predicted octanol–water partition coefficient (Wildman–Crippen LogP) is 2.05. The summed E-state index contributed by atoms with van der Waals surface area (Å²) < 4.78 is 0. The number of hydrogen-bond donors (Lipinski definition) is 0. The van der Waals surface area contributed by atoms with Gasteiger partial charge in [-0.25, -0.2) is 9.79 Å². The van der Waals surface area contributed by atoms with Gasteiger partial charge >= 0.3 is 6.03 Å². The molecule has 0 atom stereocenters. The van der Waals surface area contributed by atoms with Crippen LogP contribution in [0.25, 0.3) is 0 Å². The van der Waals surface area contributed by atoms with Crippen molar-refractivity contribution in [2.75, 3.05) is 6.54 Å². The maximum atomic E-state index is 11.0. The van der Waals surface area contributed by atoms with Crippen LogP contribution in [0.1, 0.15) is 20.3 Å². The monoisotopic (exact) mass is 154 g/mol. The molecule has 0 aliphatic carbocycles. The van der Waals surface area contributed by atoms with Crippen molar-refractivity contribution in [2.45, 2.75) is 20.3 Å². The number of aliphatic imine (C=N–C) groups is 1. The van der Waals surface area contributed by atoms with Crippen molar-refractivity contribution in [2.24, 2.45) is 4.99 Å². The van der Waals surface area contributed by atoms with Crippen LogP contribution in [0.15, 0.2) is 17.8 Å². The minimum absolute atomic E-state index is 0.246. The highest BCUT2D eigenvalue weighted by Gasteiger charge is 2.04. The number of urea groups is 1. The molecule has 0 bridgehead atoms. The molecule has 0 aromatic heterocycles. The molecule has 2 amide bonds. The van der Waals surface area contributed by atoms with E-state index in [0.29, 0.717) is 6.54 Å². The van der Waals surface area contributed by atoms with E-state index in [2.05, 4.69) is 11.6 Å². The second-order valence-corrected chi connectivity index (χ2v) is 2.05. The van der Waals surface area contributed by atoms with E-state index in [-0.39, 0.29) is 6.03 Å². The predicted molar refractivity (Wildman–Crippen MR) is 46.8 cm³/mol. The molecule has 0 fully saturated rings. The lowest BCUT2D eigenvalue weighted by atomic mass is 10.4. The lowest BCUT2D eigenvalue weighted by Crippen LogP contribution is -2.22. The van der Waals surface area contributed by atoms with E-state index >= 15 is 0 Å². The fraction of sp³-hybridized carbons (Fsp3) is 0.500. The Labute approximate surface area is 67.4 Å². The molecular weight excluding hydrogens is 140 g/mol. The summed E-state index contributed by atoms with van der Waals surface area (Å²) in [6.45, 7) is 7.91. The number of hydrogen-bond acceptors (Lipinski definition) is 1. The number of carbonyl (C=O) groups excluding carboxylic acids is 1. The standard InChI is InChI=1S/C8H14N2O/c1-4-7-10(6-3)8(11)9-5-2/h5-6H,3-4,7H2,1-2H3. The number of carbonyl (C=O) groups is 1. The van der Waals surface area contributed by atoms with Gasteiger partial charge in [0.1, 0.15) is 0 Å². The molecule has 0 unspecified atom stereocenters. The second kappa shape index (κ2) is 5.65. The molecule has 0 radical (unpaired) electrons. The summed E-state index contributed by atoms with van der Waals surface area (Å²) in [5.74, 6) is 0. The highest BCUT2D eigenvalue weighted by molar-refractivity contribution is 5.83. The van der Waals surface area contributed by atoms with E-state index in [0.717, 1.165) is 6.42 Å². The average molecular weight is 154 g/mol. The molecule has 3 nitrogen and oxygen atoms in total. The van der Waals surface area contributed by atoms with Gasteiger partial charge in [0, 0.05) is 19.0 Å². The van der Waals surface area contributed by atoms with Gasteiger partial charge in [-0.15, -0.1) is 0 Å². The van der Waals surface area contributed by atoms with Gasteiger partial charge in [-0.1, -0.05) is 13.5 Å². The molecular formula is C8H14N2O. The summed E-state index contributed by atoms with van der Waals surface area (Å²) in [6, 6.07) is -0.246. The third-order valence-electron chi connectivity index (χ3n) is 1.17. The van der Waals surface area contributed by atoms with Crippen molar-refractivity contribution >= 4 is 12.2 Å². The number of nitrogens with zero attached hydrogens (tertiary/aromatic N) is 2. The minimum atomic E-state index is -0.246. The zero-order valence-electron chi connectivity index (χ0n) is 7.08. The van der Waals surface area contributed by atoms with E-state index in [1.165, 1.54) is 17.3 Å². The number of amides is 2. The van der Waals surface area contributed by atoms with Crippen molar-refractivity contribution in [1.29, 1.82) is 0 Å². The summed E-state index contributed by atoms with van der Waals surface area (Å²) in [6.07, 6.45) is 3.89. The van der Waals surface area contributed by atoms with Crippen LogP contribution in [0.4, 0.5) is 4.79 Å². The lowest BCUT2D eigenvalue weighted by Gasteiger charge is -2.12. The Bertz CT molecular complexity index is 163. The van der Waals surface area contributed by atoms with Crippen molar-refractivity contribution in [3.63, 3.8) is 0 Å². The Morgan fingerprint density at radius 1 is 1.73 bits per heavy atom. The van der Waals surface area contributed by atoms with Gasteiger partial charge in [0.15, 0.2) is 0 Å². The molecule has 0 aromatic rings. The molecule has 11 heavy (non-hydrogen) atoms. The second-order valence-electron chi connectivity index (χ2n) is 2.05. The minimum Gasteiger partial charge on any atom is -0.300 e. The molecule has 0 heterocycles. The maximum Gasteiger partial charge on any atom is 0.347 e. The zero-order valence-corrected chi connectivity index (χ0v) is 7.08. The summed E-state index contributed by atoms with van der Waals surface area (Å²) in [7, 11) is 0. The molecule has 0 N–H and O–H groups in total. The highest BCUT2D eigenvalue weighted by Crippen LogP contribution is 1.94. The third-order valence-corrected chi connectivity index (χ3v) is 1.17. The first-order valence-electron chi connectivity index (χ1n) is 3.68. The summed E-state index contributed by atoms with van der Waals surface area (Å²) in [5.41, 5.74) is 0. The fourth-order valence-corrected chi connectivity index (χ4v) is 0.691. The van der Waals surface area contributed by atoms with Gasteiger partial charge in [-0.2, -0.15) is 0 Å². The molecule has 0 aliphatic heterocycles. The Kier molecular flexibility index (Phi) is 5.07. The van der Waals surface area contributed by atoms with Crippen LogP contribution < -0.4 is 0 Å². The zero-order chi connectivity index (χ0) is 8.69. The van der Waals surface area contributed by atoms with Crippen LogP contribution in [0, 0.1) is 0 Å². The van der Waals surface area contributed by atoms with Crippen LogP contribution in [0.3, 0.4) is 0 Å². The molecule has 0 saturated heterocycles. The molecule has 0 spiro atoms. The van der Waals surface area contributed by atoms with E-state index in [4.69, 9.17) is 0 Å². The first kappa shape index (κ1) is 9.88. The van der Waals surface area contributed by atoms with Gasteiger partial charge in [0.25, 0.3) is 0 Å². The quantitative estimate of drug-likeness (QED) is 0.572. The average Bonchev–Trinajstić information content (AvgIpc) is 2.00. The van der Waals surface area contributed by atoms with Crippen molar-refractivity contribution in [3.8, 4) is 0 Å². The summed E-state index contributed by atoms with van der Waals surface area (Å²) in [5, 5.41) is 0. The lowest BCUT2D eigenvalue weighted by molar-refractivity contribution is 0.225. The smallest absolute Gasteiger partial charge is 0.300 e. The van der Waals surface area contributed by atoms with Gasteiger partial charge < -0.3 is 0 Å². The molecule has 0 saturated carbocycles. The summed E-state index contributed by atoms with van der Waals surface area (Å²) >= 11 is 0. The van der Waals surface area contributed by atoms with E-state index in [1.807, 2.05) is 6.92 Å². The largest absolute Gasteiger partial charge is 0.347 e. The van der Waals surface area contributed by atoms with Crippen molar-refractivity contribution in [1.82, 2.24) is 4.90 Å². The van der Waals surface area contributed by atoms with E-state index in [1.54, 1.807) is 6.92 Å². The van der Waals surface area contributed by atoms with E-state index < -0.39 is 0 Å². The van der Waals surface area contributed by atoms with Crippen molar-refractivity contribution in [3.05, 3.63) is 12.8 Å². The molecule has 3 heteroatoms. The van der Waals surface area contributed by atoms with Gasteiger partial charge in [0.05, 0.1) is 0 Å². The van der Waals surface area contributed by atoms with Crippen LogP contribution in [-0.4, -0.2) is 23.7 Å². The molecule has 0 rings (SSSR count). The van der Waals surface area contributed by atoms with Crippen LogP contribution in [0.2, 0.25) is 0 Å². The molecule has 62 valence electrons. The Hall–Kier alpha value is -1.12. The Morgan fingerprint density at radius 3 is 2.73 bits per heavy atom. The van der Waals surface area contributed by atoms with Gasteiger partial charge in [-0.05, 0) is 13.3 Å². The van der Waals surface area contributed by atoms with Crippen molar-refractivity contribution < 1.29 is 4.79 Å². The van der Waals surface area contributed by atoms with E-state index in [9.17, 15) is 4.79 Å². The van der Waals surface area contributed by atoms with Crippen LogP contribution >= 0.6 is 0 Å². The Morgan fingerprint density at radius 2 is 2.36 bits per heavy atom. The topological polar surface area (TPSA) is 32.7 Å². The first-order valence-corrected chi connectivity index (χ1v) is 3.68. The van der Waals surface area contributed by atoms with Gasteiger partial charge in [0.2, 0.25) is 0 Å². The summed E-state index contributed by atoms with van der Waals surface area (Å²) in [4.78, 5) is 16.1. The molecule has 0 aromatic carbocycles. The third kappa shape index (κ3) is 3.55. The highest BCUT2D eigenvalue weighted by atomic mass is 16.2. The SMILES string of the molecule is C=CN(CCC)C(=O)N=CC. The Balaban J connectivity index is 4.02. The van der Waals surface area contributed by atoms with Crippen LogP contribution in [0.5, 0.6) is 0 Å². The van der Waals surface area contributed by atoms with Crippen LogP contribution in [-0.2, 0) is 0 Å². The molecule has 0 aliphatic rings. The first-order chi connectivity index (χ1) is 5.26. The maximum absolute atomic E-state index is 11.0.